The van der Waals surface area contributed by atoms with E-state index in [0.29, 0.717) is 22.4 Å². The van der Waals surface area contributed by atoms with Crippen LogP contribution in [0.2, 0.25) is 0 Å². The standard InChI is InChI=1S/C35H31F3N6O2S/c1-23(2)29-9-5-7-11-31(29)44-33(47-21-34(44,45)30-10-6-4-8-24(30)3)41-40-20-25-12-14-26(15-13-25)32-39-22-43(42-32)27-16-18-28(19-17-27)46-35(36,37)38/h4-20,22-23,45H,21H2,1-3H3/b40-20+,41-33-. The molecule has 1 aliphatic heterocycles. The van der Waals surface area contributed by atoms with Crippen LogP contribution in [0, 0.1) is 6.92 Å². The van der Waals surface area contributed by atoms with Gasteiger partial charge in [0.2, 0.25) is 0 Å². The highest BCUT2D eigenvalue weighted by Crippen LogP contribution is 2.45. The first kappa shape index (κ1) is 32.0. The first-order valence-electron chi connectivity index (χ1n) is 14.8. The normalized spacial score (nSPS) is 17.7. The van der Waals surface area contributed by atoms with Gasteiger partial charge >= 0.3 is 6.36 Å². The lowest BCUT2D eigenvalue weighted by Crippen LogP contribution is -2.46. The largest absolute Gasteiger partial charge is 0.573 e. The number of para-hydroxylation sites is 1. The zero-order valence-corrected chi connectivity index (χ0v) is 26.6. The highest BCUT2D eigenvalue weighted by atomic mass is 32.2. The molecular weight excluding hydrogens is 625 g/mol. The maximum atomic E-state index is 12.5. The van der Waals surface area contributed by atoms with E-state index < -0.39 is 12.1 Å². The van der Waals surface area contributed by atoms with E-state index >= 15 is 0 Å². The van der Waals surface area contributed by atoms with Crippen molar-refractivity contribution in [2.24, 2.45) is 10.2 Å². The molecule has 1 aliphatic rings. The minimum Gasteiger partial charge on any atom is -0.406 e. The van der Waals surface area contributed by atoms with E-state index in [1.54, 1.807) is 6.21 Å². The van der Waals surface area contributed by atoms with E-state index in [0.717, 1.165) is 33.5 Å². The average Bonchev–Trinajstić information content (AvgIpc) is 3.67. The molecule has 5 aromatic rings. The molecule has 0 aliphatic carbocycles. The van der Waals surface area contributed by atoms with Gasteiger partial charge in [0.25, 0.3) is 0 Å². The number of ether oxygens (including phenoxy) is 1. The fraction of sp³-hybridized carbons (Fsp3) is 0.200. The maximum absolute atomic E-state index is 12.5. The van der Waals surface area contributed by atoms with E-state index in [-0.39, 0.29) is 11.7 Å². The van der Waals surface area contributed by atoms with Gasteiger partial charge in [-0.1, -0.05) is 92.3 Å². The van der Waals surface area contributed by atoms with Crippen LogP contribution in [0.4, 0.5) is 18.9 Å². The lowest BCUT2D eigenvalue weighted by Gasteiger charge is -2.36. The molecule has 6 rings (SSSR count). The second-order valence-corrected chi connectivity index (χ2v) is 12.2. The second-order valence-electron chi connectivity index (χ2n) is 11.3. The number of hydrogen-bond donors (Lipinski definition) is 1. The summed E-state index contributed by atoms with van der Waals surface area (Å²) in [6.45, 7) is 6.25. The van der Waals surface area contributed by atoms with Gasteiger partial charge in [-0.25, -0.2) is 9.67 Å². The monoisotopic (exact) mass is 656 g/mol. The van der Waals surface area contributed by atoms with Gasteiger partial charge in [0, 0.05) is 16.8 Å². The Morgan fingerprint density at radius 2 is 1.66 bits per heavy atom. The molecule has 1 N–H and O–H groups in total. The molecule has 1 atom stereocenters. The number of aromatic nitrogens is 3. The van der Waals surface area contributed by atoms with Crippen LogP contribution in [0.25, 0.3) is 17.1 Å². The zero-order chi connectivity index (χ0) is 33.2. The molecule has 2 heterocycles. The quantitative estimate of drug-likeness (QED) is 0.134. The van der Waals surface area contributed by atoms with Crippen molar-refractivity contribution in [3.8, 4) is 22.8 Å². The molecular formula is C35H31F3N6O2S. The van der Waals surface area contributed by atoms with E-state index in [1.165, 1.54) is 47.0 Å². The van der Waals surface area contributed by atoms with Crippen LogP contribution in [-0.2, 0) is 5.72 Å². The van der Waals surface area contributed by atoms with E-state index in [1.807, 2.05) is 78.6 Å². The first-order valence-corrected chi connectivity index (χ1v) is 15.8. The summed E-state index contributed by atoms with van der Waals surface area (Å²) >= 11 is 1.45. The summed E-state index contributed by atoms with van der Waals surface area (Å²) in [6.07, 6.45) is -1.62. The molecule has 8 nitrogen and oxygen atoms in total. The molecule has 0 radical (unpaired) electrons. The van der Waals surface area contributed by atoms with Gasteiger partial charge in [0.15, 0.2) is 16.7 Å². The minimum atomic E-state index is -4.76. The number of nitrogens with zero attached hydrogens (tertiary/aromatic N) is 6. The van der Waals surface area contributed by atoms with Gasteiger partial charge in [-0.05, 0) is 59.9 Å². The van der Waals surface area contributed by atoms with Crippen molar-refractivity contribution in [2.75, 3.05) is 10.7 Å². The predicted molar refractivity (Wildman–Crippen MR) is 179 cm³/mol. The van der Waals surface area contributed by atoms with E-state index in [9.17, 15) is 18.3 Å². The average molecular weight is 657 g/mol. The number of thioether (sulfide) groups is 1. The topological polar surface area (TPSA) is 88.1 Å². The molecule has 0 amide bonds. The summed E-state index contributed by atoms with van der Waals surface area (Å²) in [5, 5.41) is 26.3. The number of aliphatic hydroxyl groups is 1. The van der Waals surface area contributed by atoms with Crippen LogP contribution in [0.3, 0.4) is 0 Å². The summed E-state index contributed by atoms with van der Waals surface area (Å²) in [7, 11) is 0. The predicted octanol–water partition coefficient (Wildman–Crippen LogP) is 8.05. The Hall–Kier alpha value is -4.94. The summed E-state index contributed by atoms with van der Waals surface area (Å²) in [6, 6.07) is 28.7. The van der Waals surface area contributed by atoms with Crippen molar-refractivity contribution >= 4 is 28.8 Å². The fourth-order valence-electron chi connectivity index (χ4n) is 5.41. The van der Waals surface area contributed by atoms with E-state index in [2.05, 4.69) is 44.9 Å². The minimum absolute atomic E-state index is 0.223. The lowest BCUT2D eigenvalue weighted by atomic mass is 9.95. The Labute approximate surface area is 274 Å². The Morgan fingerprint density at radius 3 is 2.36 bits per heavy atom. The van der Waals surface area contributed by atoms with Crippen molar-refractivity contribution in [2.45, 2.75) is 38.8 Å². The molecule has 47 heavy (non-hydrogen) atoms. The van der Waals surface area contributed by atoms with Crippen LogP contribution < -0.4 is 9.64 Å². The van der Waals surface area contributed by atoms with Crippen LogP contribution in [0.5, 0.6) is 5.75 Å². The van der Waals surface area contributed by atoms with E-state index in [4.69, 9.17) is 0 Å². The van der Waals surface area contributed by atoms with Gasteiger partial charge in [-0.3, -0.25) is 4.90 Å². The second kappa shape index (κ2) is 13.0. The van der Waals surface area contributed by atoms with Gasteiger partial charge in [-0.2, -0.15) is 5.10 Å². The summed E-state index contributed by atoms with van der Waals surface area (Å²) < 4.78 is 42.8. The lowest BCUT2D eigenvalue weighted by molar-refractivity contribution is -0.274. The van der Waals surface area contributed by atoms with Crippen molar-refractivity contribution < 1.29 is 23.0 Å². The van der Waals surface area contributed by atoms with Crippen molar-refractivity contribution in [3.05, 3.63) is 126 Å². The third kappa shape index (κ3) is 6.93. The SMILES string of the molecule is Cc1ccccc1C1(O)CS/C(=N\N=C\c2ccc(-c3ncn(-c4ccc(OC(F)(F)F)cc4)n3)cc2)N1c1ccccc1C(C)C. The third-order valence-corrected chi connectivity index (χ3v) is 8.75. The number of alkyl halides is 3. The number of halogens is 3. The van der Waals surface area contributed by atoms with Crippen molar-refractivity contribution in [1.82, 2.24) is 14.8 Å². The molecule has 0 bridgehead atoms. The Morgan fingerprint density at radius 1 is 0.957 bits per heavy atom. The highest BCUT2D eigenvalue weighted by Gasteiger charge is 2.47. The molecule has 240 valence electrons. The molecule has 0 spiro atoms. The Bertz CT molecular complexity index is 1920. The molecule has 0 saturated carbocycles. The number of rotatable bonds is 8. The number of amidine groups is 1. The third-order valence-electron chi connectivity index (χ3n) is 7.69. The molecule has 1 fully saturated rings. The molecule has 12 heteroatoms. The molecule has 1 unspecified atom stereocenters. The molecule has 1 aromatic heterocycles. The van der Waals surface area contributed by atoms with Crippen LogP contribution in [-0.4, -0.2) is 43.4 Å². The summed E-state index contributed by atoms with van der Waals surface area (Å²) in [5.41, 5.74) is 4.54. The molecule has 1 saturated heterocycles. The van der Waals surface area contributed by atoms with Crippen molar-refractivity contribution in [1.29, 1.82) is 0 Å². The Balaban J connectivity index is 1.22. The Kier molecular flexibility index (Phi) is 8.89. The van der Waals surface area contributed by atoms with Crippen molar-refractivity contribution in [3.63, 3.8) is 0 Å². The highest BCUT2D eigenvalue weighted by molar-refractivity contribution is 8.14. The smallest absolute Gasteiger partial charge is 0.406 e. The summed E-state index contributed by atoms with van der Waals surface area (Å²) in [5.74, 6) is 0.742. The summed E-state index contributed by atoms with van der Waals surface area (Å²) in [4.78, 5) is 6.24. The van der Waals surface area contributed by atoms with Gasteiger partial charge in [0.1, 0.15) is 12.1 Å². The van der Waals surface area contributed by atoms with Crippen LogP contribution in [0.15, 0.2) is 114 Å². The zero-order valence-electron chi connectivity index (χ0n) is 25.8. The van der Waals surface area contributed by atoms with Gasteiger partial charge in [0.05, 0.1) is 17.7 Å². The molecule has 4 aromatic carbocycles. The van der Waals surface area contributed by atoms with Gasteiger partial charge < -0.3 is 9.84 Å². The maximum Gasteiger partial charge on any atom is 0.573 e. The fourth-order valence-corrected chi connectivity index (χ4v) is 6.51. The number of anilines is 1. The van der Waals surface area contributed by atoms with Gasteiger partial charge in [-0.15, -0.1) is 23.4 Å². The number of benzene rings is 4. The first-order chi connectivity index (χ1) is 22.5. The number of aryl methyl sites for hydroxylation is 1. The number of hydrogen-bond acceptors (Lipinski definition) is 7. The van der Waals surface area contributed by atoms with Crippen LogP contribution >= 0.6 is 11.8 Å². The van der Waals surface area contributed by atoms with Crippen LogP contribution in [0.1, 0.15) is 42.0 Å².